The summed E-state index contributed by atoms with van der Waals surface area (Å²) in [5.41, 5.74) is 9.98. The molecule has 0 saturated carbocycles. The minimum absolute atomic E-state index is 0.446. The maximum Gasteiger partial charge on any atom is 0.490 e. The summed E-state index contributed by atoms with van der Waals surface area (Å²) < 4.78 is 67.4. The van der Waals surface area contributed by atoms with Gasteiger partial charge in [-0.25, -0.2) is 14.3 Å². The Labute approximate surface area is 230 Å². The Morgan fingerprint density at radius 2 is 1.61 bits per heavy atom. The molecule has 1 aliphatic heterocycles. The number of carboxylic acids is 2. The summed E-state index contributed by atoms with van der Waals surface area (Å²) in [5, 5.41) is 27.2. The van der Waals surface area contributed by atoms with Gasteiger partial charge in [0.25, 0.3) is 0 Å². The number of hydrogen-bond donors (Lipinski definition) is 3. The lowest BCUT2D eigenvalue weighted by molar-refractivity contribution is -0.193. The van der Waals surface area contributed by atoms with Crippen molar-refractivity contribution in [2.75, 3.05) is 13.1 Å². The molecule has 1 atom stereocenters. The zero-order chi connectivity index (χ0) is 30.8. The van der Waals surface area contributed by atoms with Crippen LogP contribution in [0.5, 0.6) is 0 Å². The maximum atomic E-state index is 10.6. The quantitative estimate of drug-likeness (QED) is 0.365. The monoisotopic (exact) mass is 593 g/mol. The summed E-state index contributed by atoms with van der Waals surface area (Å²) in [4.78, 5) is 20.3. The van der Waals surface area contributed by atoms with Crippen LogP contribution in [0.3, 0.4) is 0 Å². The van der Waals surface area contributed by atoms with Crippen LogP contribution >= 0.6 is 0 Å². The largest absolute Gasteiger partial charge is 0.490 e. The van der Waals surface area contributed by atoms with Crippen molar-refractivity contribution in [2.24, 2.45) is 11.7 Å². The maximum absolute atomic E-state index is 10.6. The summed E-state index contributed by atoms with van der Waals surface area (Å²) in [5.74, 6) is -4.92. The van der Waals surface area contributed by atoms with E-state index in [1.165, 1.54) is 18.4 Å². The van der Waals surface area contributed by atoms with Crippen molar-refractivity contribution in [2.45, 2.75) is 51.8 Å². The van der Waals surface area contributed by atoms with Gasteiger partial charge in [-0.2, -0.15) is 31.4 Å². The number of piperidine rings is 1. The average Bonchev–Trinajstić information content (AvgIpc) is 3.50. The Bertz CT molecular complexity index is 1240. The first-order valence-corrected chi connectivity index (χ1v) is 12.1. The van der Waals surface area contributed by atoms with Gasteiger partial charge in [0, 0.05) is 44.1 Å². The number of aromatic nitrogens is 5. The standard InChI is InChI=1S/C20H27N7.2C2HF3O2/c1-16-18(14-27(23-16)20-7-3-2-4-8-20)13-25-9-5-6-17(11-25)12-26-15-19(10-21)22-24-26;2*3-2(4,5)1(6)7/h2-4,7-8,14-15,17H,5-6,9-13,21H2,1H3;2*(H,6,7). The van der Waals surface area contributed by atoms with Crippen LogP contribution in [0, 0.1) is 12.8 Å². The van der Waals surface area contributed by atoms with E-state index in [1.54, 1.807) is 0 Å². The molecule has 11 nitrogen and oxygen atoms in total. The lowest BCUT2D eigenvalue weighted by atomic mass is 9.97. The fraction of sp³-hybridized carbons (Fsp3) is 0.458. The van der Waals surface area contributed by atoms with E-state index in [1.807, 2.05) is 33.8 Å². The number of rotatable bonds is 6. The Morgan fingerprint density at radius 1 is 1.02 bits per heavy atom. The number of nitrogens with two attached hydrogens (primary N) is 1. The minimum Gasteiger partial charge on any atom is -0.475 e. The molecule has 0 aliphatic carbocycles. The van der Waals surface area contributed by atoms with Gasteiger partial charge >= 0.3 is 24.3 Å². The average molecular weight is 594 g/mol. The number of aliphatic carboxylic acids is 2. The third-order valence-electron chi connectivity index (χ3n) is 5.74. The Morgan fingerprint density at radius 3 is 2.12 bits per heavy atom. The molecule has 1 saturated heterocycles. The topological polar surface area (TPSA) is 152 Å². The number of hydrogen-bond acceptors (Lipinski definition) is 7. The first-order chi connectivity index (χ1) is 19.1. The molecule has 0 amide bonds. The molecule has 226 valence electrons. The molecule has 1 aliphatic rings. The number of likely N-dealkylation sites (tertiary alicyclic amines) is 1. The summed E-state index contributed by atoms with van der Waals surface area (Å²) in [6.07, 6.45) is -3.59. The van der Waals surface area contributed by atoms with E-state index in [9.17, 15) is 26.3 Å². The zero-order valence-electron chi connectivity index (χ0n) is 21.8. The molecule has 3 aromatic rings. The molecule has 0 bridgehead atoms. The van der Waals surface area contributed by atoms with Gasteiger partial charge in [0.2, 0.25) is 0 Å². The summed E-state index contributed by atoms with van der Waals surface area (Å²) in [7, 11) is 0. The van der Waals surface area contributed by atoms with Crippen LogP contribution in [-0.4, -0.2) is 77.3 Å². The smallest absolute Gasteiger partial charge is 0.475 e. The molecular weight excluding hydrogens is 564 g/mol. The molecule has 1 aromatic carbocycles. The number of nitrogens with zero attached hydrogens (tertiary/aromatic N) is 6. The first kappa shape index (κ1) is 33.2. The predicted octanol–water partition coefficient (Wildman–Crippen LogP) is 3.41. The van der Waals surface area contributed by atoms with Gasteiger partial charge in [-0.15, -0.1) is 5.10 Å². The van der Waals surface area contributed by atoms with E-state index in [-0.39, 0.29) is 0 Å². The second-order valence-electron chi connectivity index (χ2n) is 9.01. The SMILES string of the molecule is Cc1nn(-c2ccccc2)cc1CN1CCCC(Cn2cc(CN)nn2)C1.O=C(O)C(F)(F)F.O=C(O)C(F)(F)F. The highest BCUT2D eigenvalue weighted by atomic mass is 19.4. The number of carbonyl (C=O) groups is 2. The molecule has 17 heteroatoms. The van der Waals surface area contributed by atoms with Crippen molar-refractivity contribution in [1.29, 1.82) is 0 Å². The van der Waals surface area contributed by atoms with Crippen LogP contribution in [0.25, 0.3) is 5.69 Å². The molecule has 1 unspecified atom stereocenters. The first-order valence-electron chi connectivity index (χ1n) is 12.1. The molecule has 4 rings (SSSR count). The van der Waals surface area contributed by atoms with Crippen molar-refractivity contribution >= 4 is 11.9 Å². The van der Waals surface area contributed by atoms with E-state index in [2.05, 4.69) is 40.5 Å². The highest BCUT2D eigenvalue weighted by Crippen LogP contribution is 2.22. The summed E-state index contributed by atoms with van der Waals surface area (Å²) in [6, 6.07) is 10.3. The van der Waals surface area contributed by atoms with Gasteiger partial charge in [-0.05, 0) is 44.4 Å². The minimum atomic E-state index is -5.08. The molecule has 0 radical (unpaired) electrons. The summed E-state index contributed by atoms with van der Waals surface area (Å²) >= 11 is 0. The van der Waals surface area contributed by atoms with Gasteiger partial charge in [0.15, 0.2) is 0 Å². The highest BCUT2D eigenvalue weighted by molar-refractivity contribution is 5.73. The van der Waals surface area contributed by atoms with E-state index in [4.69, 9.17) is 30.6 Å². The molecule has 2 aromatic heterocycles. The second-order valence-corrected chi connectivity index (χ2v) is 9.01. The van der Waals surface area contributed by atoms with Crippen molar-refractivity contribution in [3.63, 3.8) is 0 Å². The van der Waals surface area contributed by atoms with E-state index >= 15 is 0 Å². The van der Waals surface area contributed by atoms with Crippen LogP contribution in [-0.2, 0) is 29.2 Å². The lowest BCUT2D eigenvalue weighted by Crippen LogP contribution is -2.36. The van der Waals surface area contributed by atoms with Crippen LogP contribution in [0.1, 0.15) is 29.8 Å². The Kier molecular flexibility index (Phi) is 11.8. The summed E-state index contributed by atoms with van der Waals surface area (Å²) in [6.45, 7) is 6.61. The fourth-order valence-corrected chi connectivity index (χ4v) is 3.83. The van der Waals surface area contributed by atoms with Crippen molar-refractivity contribution in [3.05, 3.63) is 59.7 Å². The van der Waals surface area contributed by atoms with Crippen molar-refractivity contribution in [1.82, 2.24) is 29.7 Å². The molecule has 0 spiro atoms. The second kappa shape index (κ2) is 14.6. The predicted molar refractivity (Wildman–Crippen MR) is 132 cm³/mol. The van der Waals surface area contributed by atoms with E-state index in [0.29, 0.717) is 12.5 Å². The third-order valence-corrected chi connectivity index (χ3v) is 5.74. The van der Waals surface area contributed by atoms with Crippen LogP contribution in [0.4, 0.5) is 26.3 Å². The van der Waals surface area contributed by atoms with Gasteiger partial charge in [0.1, 0.15) is 0 Å². The number of aryl methyl sites for hydroxylation is 1. The van der Waals surface area contributed by atoms with Crippen LogP contribution < -0.4 is 5.73 Å². The zero-order valence-corrected chi connectivity index (χ0v) is 21.8. The molecular formula is C24H29F6N7O4. The molecule has 3 heterocycles. The van der Waals surface area contributed by atoms with Gasteiger partial charge in [0.05, 0.1) is 17.1 Å². The highest BCUT2D eigenvalue weighted by Gasteiger charge is 2.38. The Hall–Kier alpha value is -3.99. The van der Waals surface area contributed by atoms with Gasteiger partial charge < -0.3 is 15.9 Å². The normalized spacial score (nSPS) is 15.8. The van der Waals surface area contributed by atoms with Gasteiger partial charge in [-0.3, -0.25) is 9.58 Å². The van der Waals surface area contributed by atoms with Crippen LogP contribution in [0.2, 0.25) is 0 Å². The number of benzene rings is 1. The van der Waals surface area contributed by atoms with E-state index < -0.39 is 24.3 Å². The van der Waals surface area contributed by atoms with Gasteiger partial charge in [-0.1, -0.05) is 23.4 Å². The van der Waals surface area contributed by atoms with E-state index in [0.717, 1.165) is 43.3 Å². The van der Waals surface area contributed by atoms with Crippen molar-refractivity contribution < 1.29 is 46.1 Å². The van der Waals surface area contributed by atoms with Crippen LogP contribution in [0.15, 0.2) is 42.7 Å². The number of carboxylic acid groups (broad SMARTS) is 2. The number of alkyl halides is 6. The molecule has 4 N–H and O–H groups in total. The molecule has 1 fully saturated rings. The third kappa shape index (κ3) is 11.2. The number of halogens is 6. The Balaban J connectivity index is 0.000000349. The van der Waals surface area contributed by atoms with Crippen molar-refractivity contribution in [3.8, 4) is 5.69 Å². The lowest BCUT2D eigenvalue weighted by Gasteiger charge is -2.32. The molecule has 41 heavy (non-hydrogen) atoms. The fourth-order valence-electron chi connectivity index (χ4n) is 3.83. The number of para-hydroxylation sites is 1.